The molecular formula is C25H32O15. The van der Waals surface area contributed by atoms with Crippen molar-refractivity contribution in [2.75, 3.05) is 26.4 Å². The van der Waals surface area contributed by atoms with Gasteiger partial charge in [-0.25, -0.2) is 0 Å². The minimum Gasteiger partial charge on any atom is -0.481 e. The van der Waals surface area contributed by atoms with E-state index in [4.69, 9.17) is 43.0 Å². The summed E-state index contributed by atoms with van der Waals surface area (Å²) in [5.41, 5.74) is 0. The van der Waals surface area contributed by atoms with E-state index in [-0.39, 0.29) is 70.7 Å². The maximum Gasteiger partial charge on any atom is 0.306 e. The van der Waals surface area contributed by atoms with Crippen molar-refractivity contribution in [1.82, 2.24) is 0 Å². The van der Waals surface area contributed by atoms with E-state index in [1.807, 2.05) is 0 Å². The smallest absolute Gasteiger partial charge is 0.306 e. The summed E-state index contributed by atoms with van der Waals surface area (Å²) in [4.78, 5) is 70.1. The molecule has 15 nitrogen and oxygen atoms in total. The Kier molecular flexibility index (Phi) is 10.1. The van der Waals surface area contributed by atoms with E-state index in [2.05, 4.69) is 0 Å². The van der Waals surface area contributed by atoms with Crippen LogP contribution in [0.15, 0.2) is 0 Å². The number of hydrogen-bond acceptors (Lipinski definition) is 14. The number of hydrogen-bond donors (Lipinski definition) is 1. The maximum atomic E-state index is 12.4. The standard InChI is InChI=1S/C25H32O15/c1-12(26)2-4-18(29)37-13-8-33-24-15(10-35-22(13)24)39-20(31)6-7-21(32)40-16-11-36-23-14(9-34-25(16)23)38-19(30)5-3-17(27)28/h13-16,22-25H,2-11H2,1H3,(H,27,28)/t13-,14-,15-,16-,22+,23+,24+,25+/m0/s1. The number of fused-ring (bicyclic) bond motifs is 2. The van der Waals surface area contributed by atoms with Gasteiger partial charge in [0.05, 0.1) is 58.5 Å². The van der Waals surface area contributed by atoms with Crippen LogP contribution in [0.2, 0.25) is 0 Å². The summed E-state index contributed by atoms with van der Waals surface area (Å²) in [5, 5.41) is 8.67. The molecule has 15 heteroatoms. The van der Waals surface area contributed by atoms with E-state index in [1.54, 1.807) is 0 Å². The van der Waals surface area contributed by atoms with Crippen molar-refractivity contribution >= 4 is 35.6 Å². The molecule has 0 amide bonds. The molecular weight excluding hydrogens is 540 g/mol. The molecule has 222 valence electrons. The molecule has 4 fully saturated rings. The first-order chi connectivity index (χ1) is 19.1. The van der Waals surface area contributed by atoms with Crippen LogP contribution in [-0.4, -0.2) is 116 Å². The van der Waals surface area contributed by atoms with Gasteiger partial charge in [0, 0.05) is 6.42 Å². The predicted octanol–water partition coefficient (Wildman–Crippen LogP) is -0.757. The minimum absolute atomic E-state index is 0.00894. The van der Waals surface area contributed by atoms with Gasteiger partial charge in [0.1, 0.15) is 30.2 Å². The zero-order valence-electron chi connectivity index (χ0n) is 21.9. The highest BCUT2D eigenvalue weighted by Gasteiger charge is 2.52. The zero-order valence-corrected chi connectivity index (χ0v) is 21.9. The van der Waals surface area contributed by atoms with Gasteiger partial charge in [-0.15, -0.1) is 0 Å². The number of carbonyl (C=O) groups excluding carboxylic acids is 5. The molecule has 0 aliphatic carbocycles. The molecule has 4 heterocycles. The third kappa shape index (κ3) is 7.74. The van der Waals surface area contributed by atoms with Gasteiger partial charge in [-0.3, -0.25) is 24.0 Å². The van der Waals surface area contributed by atoms with Gasteiger partial charge in [0.15, 0.2) is 24.4 Å². The van der Waals surface area contributed by atoms with Gasteiger partial charge in [0.2, 0.25) is 0 Å². The highest BCUT2D eigenvalue weighted by atomic mass is 16.7. The number of Topliss-reactive ketones (excluding diaryl/α,β-unsaturated/α-hetero) is 1. The minimum atomic E-state index is -1.12. The van der Waals surface area contributed by atoms with Crippen LogP contribution in [0.25, 0.3) is 0 Å². The fraction of sp³-hybridized carbons (Fsp3) is 0.760. The fourth-order valence-electron chi connectivity index (χ4n) is 4.86. The van der Waals surface area contributed by atoms with Crippen LogP contribution < -0.4 is 0 Å². The van der Waals surface area contributed by atoms with Crippen molar-refractivity contribution in [3.63, 3.8) is 0 Å². The monoisotopic (exact) mass is 572 g/mol. The first kappa shape index (κ1) is 29.8. The molecule has 4 rings (SSSR count). The van der Waals surface area contributed by atoms with Gasteiger partial charge in [-0.2, -0.15) is 0 Å². The number of ketones is 1. The summed E-state index contributed by atoms with van der Waals surface area (Å²) < 4.78 is 43.8. The first-order valence-corrected chi connectivity index (χ1v) is 13.1. The summed E-state index contributed by atoms with van der Waals surface area (Å²) >= 11 is 0. The number of ether oxygens (including phenoxy) is 8. The first-order valence-electron chi connectivity index (χ1n) is 13.1. The normalized spacial score (nSPS) is 32.1. The third-order valence-corrected chi connectivity index (χ3v) is 6.81. The molecule has 4 aliphatic heterocycles. The Bertz CT molecular complexity index is 917. The van der Waals surface area contributed by atoms with E-state index in [9.17, 15) is 28.8 Å². The highest BCUT2D eigenvalue weighted by Crippen LogP contribution is 2.32. The molecule has 1 N–H and O–H groups in total. The van der Waals surface area contributed by atoms with Gasteiger partial charge >= 0.3 is 29.8 Å². The van der Waals surface area contributed by atoms with Crippen LogP contribution in [0, 0.1) is 0 Å². The summed E-state index contributed by atoms with van der Waals surface area (Å²) in [7, 11) is 0. The van der Waals surface area contributed by atoms with Crippen LogP contribution in [0.3, 0.4) is 0 Å². The number of carboxylic acids is 1. The number of carboxylic acid groups (broad SMARTS) is 1. The third-order valence-electron chi connectivity index (χ3n) is 6.81. The molecule has 0 radical (unpaired) electrons. The Labute approximate surface area is 228 Å². The Morgan fingerprint density at radius 3 is 1.07 bits per heavy atom. The number of esters is 4. The molecule has 4 aliphatic rings. The lowest BCUT2D eigenvalue weighted by molar-refractivity contribution is -0.161. The van der Waals surface area contributed by atoms with E-state index >= 15 is 0 Å². The fourth-order valence-corrected chi connectivity index (χ4v) is 4.86. The molecule has 0 aromatic rings. The average Bonchev–Trinajstić information content (AvgIpc) is 3.66. The van der Waals surface area contributed by atoms with Crippen molar-refractivity contribution < 1.29 is 71.8 Å². The molecule has 0 unspecified atom stereocenters. The Morgan fingerprint density at radius 1 is 0.525 bits per heavy atom. The molecule has 0 saturated carbocycles. The molecule has 4 saturated heterocycles. The SMILES string of the molecule is CC(=O)CCC(=O)O[C@H]1CO[C@H]2[C@@H]1OC[C@@H]2OC(=O)CCC(=O)O[C@H]1CO[C@H]2[C@@H]1OC[C@@H]2OC(=O)CCC(=O)O. The lowest BCUT2D eigenvalue weighted by atomic mass is 10.1. The van der Waals surface area contributed by atoms with Crippen LogP contribution in [0.5, 0.6) is 0 Å². The van der Waals surface area contributed by atoms with Crippen LogP contribution in [0.4, 0.5) is 0 Å². The van der Waals surface area contributed by atoms with Crippen molar-refractivity contribution in [1.29, 1.82) is 0 Å². The summed E-state index contributed by atoms with van der Waals surface area (Å²) in [6, 6.07) is 0. The Balaban J connectivity index is 1.14. The van der Waals surface area contributed by atoms with Crippen molar-refractivity contribution in [2.24, 2.45) is 0 Å². The number of aliphatic carboxylic acids is 1. The van der Waals surface area contributed by atoms with Gasteiger partial charge in [-0.1, -0.05) is 0 Å². The van der Waals surface area contributed by atoms with E-state index in [0.717, 1.165) is 0 Å². The molecule has 40 heavy (non-hydrogen) atoms. The quantitative estimate of drug-likeness (QED) is 0.213. The molecule has 8 atom stereocenters. The van der Waals surface area contributed by atoms with Crippen LogP contribution >= 0.6 is 0 Å². The van der Waals surface area contributed by atoms with Gasteiger partial charge in [0.25, 0.3) is 0 Å². The average molecular weight is 573 g/mol. The summed E-state index contributed by atoms with van der Waals surface area (Å²) in [5.74, 6) is -3.81. The second kappa shape index (κ2) is 13.5. The van der Waals surface area contributed by atoms with E-state index in [0.29, 0.717) is 0 Å². The lowest BCUT2D eigenvalue weighted by Gasteiger charge is -2.18. The Morgan fingerprint density at radius 2 is 0.800 bits per heavy atom. The van der Waals surface area contributed by atoms with E-state index in [1.165, 1.54) is 6.92 Å². The maximum absolute atomic E-state index is 12.4. The predicted molar refractivity (Wildman–Crippen MR) is 124 cm³/mol. The highest BCUT2D eigenvalue weighted by molar-refractivity contribution is 5.81. The lowest BCUT2D eigenvalue weighted by Crippen LogP contribution is -2.36. The summed E-state index contributed by atoms with van der Waals surface area (Å²) in [6.45, 7) is 1.51. The van der Waals surface area contributed by atoms with Crippen LogP contribution in [-0.2, 0) is 66.7 Å². The van der Waals surface area contributed by atoms with Gasteiger partial charge < -0.3 is 47.8 Å². The Hall–Kier alpha value is -3.14. The van der Waals surface area contributed by atoms with Gasteiger partial charge in [-0.05, 0) is 6.92 Å². The summed E-state index contributed by atoms with van der Waals surface area (Å²) in [6.07, 6.45) is -6.59. The second-order valence-corrected chi connectivity index (χ2v) is 9.90. The van der Waals surface area contributed by atoms with E-state index < -0.39 is 78.7 Å². The number of rotatable bonds is 13. The molecule has 0 aromatic carbocycles. The largest absolute Gasteiger partial charge is 0.481 e. The number of carbonyl (C=O) groups is 6. The van der Waals surface area contributed by atoms with Crippen molar-refractivity contribution in [2.45, 2.75) is 94.3 Å². The molecule has 0 bridgehead atoms. The van der Waals surface area contributed by atoms with Crippen molar-refractivity contribution in [3.8, 4) is 0 Å². The second-order valence-electron chi connectivity index (χ2n) is 9.90. The molecule has 0 aromatic heterocycles. The van der Waals surface area contributed by atoms with Crippen LogP contribution in [0.1, 0.15) is 45.4 Å². The molecule has 0 spiro atoms. The van der Waals surface area contributed by atoms with Crippen molar-refractivity contribution in [3.05, 3.63) is 0 Å². The zero-order chi connectivity index (χ0) is 28.8. The topological polar surface area (TPSA) is 196 Å².